The molecule has 1 N–H and O–H groups in total. The molecule has 0 aromatic carbocycles. The Hall–Kier alpha value is -0.810. The minimum Gasteiger partial charge on any atom is -0.366 e. The number of hydrogen-bond acceptors (Lipinski definition) is 5. The molecular weight excluding hydrogens is 262 g/mol. The number of thiophene rings is 1. The van der Waals surface area contributed by atoms with Crippen LogP contribution in [0.3, 0.4) is 0 Å². The van der Waals surface area contributed by atoms with Crippen LogP contribution in [0.5, 0.6) is 0 Å². The van der Waals surface area contributed by atoms with Crippen LogP contribution in [0.15, 0.2) is 17.8 Å². The maximum Gasteiger partial charge on any atom is 0.147 e. The van der Waals surface area contributed by atoms with Gasteiger partial charge >= 0.3 is 0 Å². The molecule has 2 aromatic heterocycles. The summed E-state index contributed by atoms with van der Waals surface area (Å²) in [4.78, 5) is 8.69. The van der Waals surface area contributed by atoms with E-state index >= 15 is 0 Å². The molecular formula is C13H17N3S2. The first-order chi connectivity index (χ1) is 8.86. The fourth-order valence-electron chi connectivity index (χ4n) is 2.58. The zero-order valence-corrected chi connectivity index (χ0v) is 12.1. The van der Waals surface area contributed by atoms with Gasteiger partial charge in [0.05, 0.1) is 10.2 Å². The van der Waals surface area contributed by atoms with E-state index in [1.165, 1.54) is 30.4 Å². The third-order valence-electron chi connectivity index (χ3n) is 3.54. The maximum absolute atomic E-state index is 4.41. The van der Waals surface area contributed by atoms with Gasteiger partial charge in [-0.2, -0.15) is 11.8 Å². The number of fused-ring (bicyclic) bond motifs is 1. The average molecular weight is 279 g/mol. The SMILES string of the molecule is CSC1CCCC(Nc2ncnc3ccsc23)C1. The summed E-state index contributed by atoms with van der Waals surface area (Å²) in [6.07, 6.45) is 9.06. The van der Waals surface area contributed by atoms with Gasteiger partial charge in [0.1, 0.15) is 12.1 Å². The van der Waals surface area contributed by atoms with Crippen LogP contribution in [0.4, 0.5) is 5.82 Å². The molecule has 1 fully saturated rings. The third kappa shape index (κ3) is 2.47. The predicted octanol–water partition coefficient (Wildman–Crippen LogP) is 3.78. The molecule has 2 atom stereocenters. The molecule has 1 aliphatic carbocycles. The van der Waals surface area contributed by atoms with Gasteiger partial charge in [0.25, 0.3) is 0 Å². The van der Waals surface area contributed by atoms with E-state index in [9.17, 15) is 0 Å². The van der Waals surface area contributed by atoms with E-state index in [0.29, 0.717) is 6.04 Å². The minimum absolute atomic E-state index is 0.566. The van der Waals surface area contributed by atoms with Crippen molar-refractivity contribution in [2.75, 3.05) is 11.6 Å². The molecule has 3 rings (SSSR count). The van der Waals surface area contributed by atoms with Crippen molar-refractivity contribution in [2.24, 2.45) is 0 Å². The summed E-state index contributed by atoms with van der Waals surface area (Å²) in [6, 6.07) is 2.62. The Morgan fingerprint density at radius 3 is 3.22 bits per heavy atom. The normalized spacial score (nSPS) is 24.3. The summed E-state index contributed by atoms with van der Waals surface area (Å²) >= 11 is 3.71. The van der Waals surface area contributed by atoms with Crippen LogP contribution >= 0.6 is 23.1 Å². The lowest BCUT2D eigenvalue weighted by molar-refractivity contribution is 0.473. The molecule has 3 nitrogen and oxygen atoms in total. The third-order valence-corrected chi connectivity index (χ3v) is 5.55. The molecule has 0 radical (unpaired) electrons. The highest BCUT2D eigenvalue weighted by atomic mass is 32.2. The number of nitrogens with zero attached hydrogens (tertiary/aromatic N) is 2. The molecule has 2 unspecified atom stereocenters. The van der Waals surface area contributed by atoms with Gasteiger partial charge in [-0.15, -0.1) is 11.3 Å². The Bertz CT molecular complexity index is 526. The Morgan fingerprint density at radius 1 is 1.39 bits per heavy atom. The van der Waals surface area contributed by atoms with Gasteiger partial charge in [-0.05, 0) is 37.0 Å². The second kappa shape index (κ2) is 5.45. The molecule has 0 amide bonds. The van der Waals surface area contributed by atoms with Crippen LogP contribution in [0.25, 0.3) is 10.2 Å². The van der Waals surface area contributed by atoms with Gasteiger partial charge in [0, 0.05) is 11.3 Å². The first kappa shape index (κ1) is 12.2. The van der Waals surface area contributed by atoms with Crippen molar-refractivity contribution in [1.29, 1.82) is 0 Å². The predicted molar refractivity (Wildman–Crippen MR) is 80.6 cm³/mol. The van der Waals surface area contributed by atoms with E-state index in [4.69, 9.17) is 0 Å². The quantitative estimate of drug-likeness (QED) is 0.928. The highest BCUT2D eigenvalue weighted by Gasteiger charge is 2.22. The van der Waals surface area contributed by atoms with Crippen molar-refractivity contribution in [2.45, 2.75) is 37.0 Å². The van der Waals surface area contributed by atoms with Gasteiger partial charge in [-0.1, -0.05) is 6.42 Å². The van der Waals surface area contributed by atoms with E-state index < -0.39 is 0 Å². The fourth-order valence-corrected chi connectivity index (χ4v) is 4.20. The Balaban J connectivity index is 1.77. The molecule has 2 heterocycles. The molecule has 0 bridgehead atoms. The Kier molecular flexibility index (Phi) is 3.70. The standard InChI is InChI=1S/C13H17N3S2/c1-17-10-4-2-3-9(7-10)16-13-12-11(5-6-18-12)14-8-15-13/h5-6,8-10H,2-4,7H2,1H3,(H,14,15,16). The van der Waals surface area contributed by atoms with Crippen molar-refractivity contribution in [3.8, 4) is 0 Å². The smallest absolute Gasteiger partial charge is 0.147 e. The largest absolute Gasteiger partial charge is 0.366 e. The van der Waals surface area contributed by atoms with Crippen molar-refractivity contribution in [1.82, 2.24) is 9.97 Å². The van der Waals surface area contributed by atoms with Crippen LogP contribution in [-0.2, 0) is 0 Å². The number of thioether (sulfide) groups is 1. The summed E-state index contributed by atoms with van der Waals surface area (Å²) in [5, 5.41) is 6.50. The van der Waals surface area contributed by atoms with E-state index in [-0.39, 0.29) is 0 Å². The summed E-state index contributed by atoms with van der Waals surface area (Å²) in [7, 11) is 0. The number of nitrogens with one attached hydrogen (secondary N) is 1. The van der Waals surface area contributed by atoms with Crippen molar-refractivity contribution in [3.63, 3.8) is 0 Å². The van der Waals surface area contributed by atoms with Crippen LogP contribution in [0.2, 0.25) is 0 Å². The van der Waals surface area contributed by atoms with Crippen LogP contribution in [-0.4, -0.2) is 27.5 Å². The second-order valence-electron chi connectivity index (χ2n) is 4.72. The molecule has 0 aliphatic heterocycles. The van der Waals surface area contributed by atoms with Crippen molar-refractivity contribution < 1.29 is 0 Å². The number of anilines is 1. The topological polar surface area (TPSA) is 37.8 Å². The van der Waals surface area contributed by atoms with Crippen LogP contribution < -0.4 is 5.32 Å². The van der Waals surface area contributed by atoms with E-state index in [2.05, 4.69) is 33.0 Å². The molecule has 1 aliphatic rings. The van der Waals surface area contributed by atoms with E-state index in [0.717, 1.165) is 16.6 Å². The van der Waals surface area contributed by atoms with Crippen LogP contribution in [0.1, 0.15) is 25.7 Å². The molecule has 0 saturated heterocycles. The Morgan fingerprint density at radius 2 is 2.33 bits per heavy atom. The lowest BCUT2D eigenvalue weighted by Crippen LogP contribution is -2.28. The number of aromatic nitrogens is 2. The van der Waals surface area contributed by atoms with Crippen LogP contribution in [0, 0.1) is 0 Å². The molecule has 18 heavy (non-hydrogen) atoms. The summed E-state index contributed by atoms with van der Waals surface area (Å²) < 4.78 is 1.18. The lowest BCUT2D eigenvalue weighted by atomic mass is 9.95. The zero-order valence-electron chi connectivity index (χ0n) is 10.4. The molecule has 5 heteroatoms. The highest BCUT2D eigenvalue weighted by Crippen LogP contribution is 2.31. The monoisotopic (exact) mass is 279 g/mol. The fraction of sp³-hybridized carbons (Fsp3) is 0.538. The molecule has 2 aromatic rings. The first-order valence-electron chi connectivity index (χ1n) is 6.34. The Labute approximate surface area is 115 Å². The zero-order chi connectivity index (χ0) is 12.4. The second-order valence-corrected chi connectivity index (χ2v) is 6.78. The maximum atomic E-state index is 4.41. The summed E-state index contributed by atoms with van der Waals surface area (Å²) in [6.45, 7) is 0. The summed E-state index contributed by atoms with van der Waals surface area (Å²) in [5.41, 5.74) is 1.05. The number of rotatable bonds is 3. The van der Waals surface area contributed by atoms with Gasteiger partial charge in [0.2, 0.25) is 0 Å². The van der Waals surface area contributed by atoms with Gasteiger partial charge in [0.15, 0.2) is 0 Å². The summed E-state index contributed by atoms with van der Waals surface area (Å²) in [5.74, 6) is 1.02. The molecule has 1 saturated carbocycles. The van der Waals surface area contributed by atoms with Crippen molar-refractivity contribution in [3.05, 3.63) is 17.8 Å². The number of hydrogen-bond donors (Lipinski definition) is 1. The molecule has 96 valence electrons. The van der Waals surface area contributed by atoms with Gasteiger partial charge < -0.3 is 5.32 Å². The van der Waals surface area contributed by atoms with Gasteiger partial charge in [-0.25, -0.2) is 9.97 Å². The van der Waals surface area contributed by atoms with E-state index in [1.54, 1.807) is 17.7 Å². The lowest BCUT2D eigenvalue weighted by Gasteiger charge is -2.29. The molecule has 0 spiro atoms. The van der Waals surface area contributed by atoms with Gasteiger partial charge in [-0.3, -0.25) is 0 Å². The first-order valence-corrected chi connectivity index (χ1v) is 8.51. The minimum atomic E-state index is 0.566. The van der Waals surface area contributed by atoms with E-state index in [1.807, 2.05) is 11.8 Å². The van der Waals surface area contributed by atoms with Crippen molar-refractivity contribution >= 4 is 39.1 Å². The average Bonchev–Trinajstić information content (AvgIpc) is 2.88. The highest BCUT2D eigenvalue weighted by molar-refractivity contribution is 7.99.